The van der Waals surface area contributed by atoms with Crippen LogP contribution in [0.3, 0.4) is 0 Å². The molecule has 9 heteroatoms. The molecule has 1 unspecified atom stereocenters. The van der Waals surface area contributed by atoms with Crippen LogP contribution in [-0.2, 0) is 16.0 Å². The van der Waals surface area contributed by atoms with Crippen LogP contribution < -0.4 is 5.32 Å². The number of carboxylic acid groups (broad SMARTS) is 1. The largest absolute Gasteiger partial charge is 0.481 e. The number of hydrogen-bond acceptors (Lipinski definition) is 3. The van der Waals surface area contributed by atoms with Crippen molar-refractivity contribution >= 4 is 29.2 Å². The second-order valence-electron chi connectivity index (χ2n) is 9.30. The van der Waals surface area contributed by atoms with Crippen molar-refractivity contribution in [3.8, 4) is 6.07 Å². The zero-order valence-corrected chi connectivity index (χ0v) is 20.0. The number of benzene rings is 2. The van der Waals surface area contributed by atoms with E-state index < -0.39 is 41.2 Å². The molecule has 0 saturated heterocycles. The fourth-order valence-electron chi connectivity index (χ4n) is 3.66. The highest BCUT2D eigenvalue weighted by atomic mass is 35.5. The van der Waals surface area contributed by atoms with Crippen molar-refractivity contribution in [1.29, 1.82) is 5.26 Å². The first-order valence-corrected chi connectivity index (χ1v) is 10.9. The van der Waals surface area contributed by atoms with Gasteiger partial charge >= 0.3 is 12.1 Å². The SMILES string of the molecule is C[C@H]([C@H](C(=O)Nc1cc(CC(C(=O)O)C(C)(C)C)ccc1C#N)c1ccc(Cl)cc1)C(F)(F)F. The van der Waals surface area contributed by atoms with Crippen LogP contribution in [0.15, 0.2) is 42.5 Å². The van der Waals surface area contributed by atoms with Gasteiger partial charge in [-0.15, -0.1) is 0 Å². The average molecular weight is 495 g/mol. The maximum Gasteiger partial charge on any atom is 0.392 e. The average Bonchev–Trinajstić information content (AvgIpc) is 2.72. The zero-order chi connectivity index (χ0) is 25.8. The molecule has 0 fully saturated rings. The van der Waals surface area contributed by atoms with Gasteiger partial charge in [0.15, 0.2) is 0 Å². The van der Waals surface area contributed by atoms with Gasteiger partial charge in [-0.1, -0.05) is 57.5 Å². The molecule has 3 atom stereocenters. The lowest BCUT2D eigenvalue weighted by atomic mass is 9.77. The van der Waals surface area contributed by atoms with E-state index in [1.807, 2.05) is 6.07 Å². The van der Waals surface area contributed by atoms with Crippen LogP contribution in [0, 0.1) is 28.6 Å². The number of anilines is 1. The third kappa shape index (κ3) is 6.73. The third-order valence-electron chi connectivity index (χ3n) is 5.77. The van der Waals surface area contributed by atoms with Crippen LogP contribution in [0.2, 0.25) is 5.02 Å². The standard InChI is InChI=1S/C25H26ClF3N2O3/c1-14(25(27,28)29)21(16-7-9-18(26)10-8-16)22(32)31-20-12-15(5-6-17(20)13-30)11-19(23(33)34)24(2,3)4/h5-10,12,14,19,21H,11H2,1-4H3,(H,31,32)(H,33,34)/t14-,19?,21+/m1/s1. The first-order valence-electron chi connectivity index (χ1n) is 10.5. The van der Waals surface area contributed by atoms with E-state index in [4.69, 9.17) is 11.6 Å². The summed E-state index contributed by atoms with van der Waals surface area (Å²) in [6, 6.07) is 11.9. The Balaban J connectivity index is 2.44. The summed E-state index contributed by atoms with van der Waals surface area (Å²) in [7, 11) is 0. The monoisotopic (exact) mass is 494 g/mol. The predicted molar refractivity (Wildman–Crippen MR) is 123 cm³/mol. The Hall–Kier alpha value is -3.05. The van der Waals surface area contributed by atoms with Gasteiger partial charge in [-0.2, -0.15) is 18.4 Å². The van der Waals surface area contributed by atoms with Crippen LogP contribution in [0.4, 0.5) is 18.9 Å². The lowest BCUT2D eigenvalue weighted by molar-refractivity contribution is -0.178. The van der Waals surface area contributed by atoms with Crippen molar-refractivity contribution in [3.63, 3.8) is 0 Å². The summed E-state index contributed by atoms with van der Waals surface area (Å²) >= 11 is 5.85. The molecule has 0 aliphatic rings. The molecule has 0 radical (unpaired) electrons. The number of carbonyl (C=O) groups is 2. The summed E-state index contributed by atoms with van der Waals surface area (Å²) in [6.07, 6.45) is -4.53. The summed E-state index contributed by atoms with van der Waals surface area (Å²) in [4.78, 5) is 24.8. The molecule has 2 aromatic rings. The van der Waals surface area contributed by atoms with Crippen molar-refractivity contribution in [3.05, 3.63) is 64.2 Å². The van der Waals surface area contributed by atoms with E-state index >= 15 is 0 Å². The molecule has 0 saturated carbocycles. The number of nitrogens with zero attached hydrogens (tertiary/aromatic N) is 1. The summed E-state index contributed by atoms with van der Waals surface area (Å²) in [5, 5.41) is 21.8. The van der Waals surface area contributed by atoms with E-state index in [1.165, 1.54) is 36.4 Å². The highest BCUT2D eigenvalue weighted by Crippen LogP contribution is 2.39. The van der Waals surface area contributed by atoms with Crippen LogP contribution in [0.5, 0.6) is 0 Å². The van der Waals surface area contributed by atoms with Crippen LogP contribution in [-0.4, -0.2) is 23.2 Å². The molecule has 0 aliphatic carbocycles. The number of aliphatic carboxylic acids is 1. The van der Waals surface area contributed by atoms with Crippen LogP contribution >= 0.6 is 11.6 Å². The zero-order valence-electron chi connectivity index (χ0n) is 19.2. The summed E-state index contributed by atoms with van der Waals surface area (Å²) in [5.74, 6) is -6.29. The molecule has 2 aromatic carbocycles. The summed E-state index contributed by atoms with van der Waals surface area (Å²) in [6.45, 7) is 6.27. The quantitative estimate of drug-likeness (QED) is 0.464. The van der Waals surface area contributed by atoms with Crippen LogP contribution in [0.1, 0.15) is 50.3 Å². The Bertz CT molecular complexity index is 1090. The molecule has 0 heterocycles. The van der Waals surface area contributed by atoms with E-state index in [2.05, 4.69) is 5.32 Å². The Kier molecular flexibility index (Phi) is 8.38. The fraction of sp³-hybridized carbons (Fsp3) is 0.400. The highest BCUT2D eigenvalue weighted by Gasteiger charge is 2.45. The van der Waals surface area contributed by atoms with E-state index in [0.717, 1.165) is 6.92 Å². The maximum atomic E-state index is 13.6. The van der Waals surface area contributed by atoms with E-state index in [1.54, 1.807) is 26.8 Å². The Morgan fingerprint density at radius 3 is 2.18 bits per heavy atom. The molecule has 2 rings (SSSR count). The topological polar surface area (TPSA) is 90.2 Å². The second-order valence-corrected chi connectivity index (χ2v) is 9.74. The van der Waals surface area contributed by atoms with Gasteiger partial charge in [0.05, 0.1) is 29.0 Å². The summed E-state index contributed by atoms with van der Waals surface area (Å²) < 4.78 is 40.8. The molecule has 0 aromatic heterocycles. The molecule has 0 bridgehead atoms. The number of alkyl halides is 3. The van der Waals surface area contributed by atoms with Crippen molar-refractivity contribution in [2.24, 2.45) is 17.3 Å². The first-order chi connectivity index (χ1) is 15.6. The van der Waals surface area contributed by atoms with Gasteiger partial charge in [-0.25, -0.2) is 0 Å². The smallest absolute Gasteiger partial charge is 0.392 e. The van der Waals surface area contributed by atoms with E-state index in [0.29, 0.717) is 10.6 Å². The van der Waals surface area contributed by atoms with Gasteiger partial charge in [0.1, 0.15) is 6.07 Å². The lowest BCUT2D eigenvalue weighted by Gasteiger charge is -2.27. The molecule has 0 aliphatic heterocycles. The van der Waals surface area contributed by atoms with Gasteiger partial charge in [0, 0.05) is 5.02 Å². The minimum absolute atomic E-state index is 0.0244. The third-order valence-corrected chi connectivity index (χ3v) is 6.03. The summed E-state index contributed by atoms with van der Waals surface area (Å²) in [5.41, 5.74) is 0.166. The Morgan fingerprint density at radius 2 is 1.71 bits per heavy atom. The Labute approximate surface area is 201 Å². The molecule has 0 spiro atoms. The van der Waals surface area contributed by atoms with Gasteiger partial charge in [0.2, 0.25) is 5.91 Å². The molecule has 1 amide bonds. The van der Waals surface area contributed by atoms with Crippen molar-refractivity contribution in [2.45, 2.75) is 46.2 Å². The molecule has 34 heavy (non-hydrogen) atoms. The number of amides is 1. The molecule has 182 valence electrons. The highest BCUT2D eigenvalue weighted by molar-refractivity contribution is 6.30. The number of nitrogens with one attached hydrogen (secondary N) is 1. The lowest BCUT2D eigenvalue weighted by Crippen LogP contribution is -2.34. The van der Waals surface area contributed by atoms with Gasteiger partial charge in [-0.05, 0) is 47.2 Å². The molecular formula is C25H26ClF3N2O3. The van der Waals surface area contributed by atoms with Crippen molar-refractivity contribution in [2.75, 3.05) is 5.32 Å². The number of rotatable bonds is 7. The first kappa shape index (κ1) is 27.2. The number of halogens is 4. The number of carboxylic acids is 1. The van der Waals surface area contributed by atoms with E-state index in [-0.39, 0.29) is 23.2 Å². The molecule has 5 nitrogen and oxygen atoms in total. The van der Waals surface area contributed by atoms with Crippen molar-refractivity contribution < 1.29 is 27.9 Å². The predicted octanol–water partition coefficient (Wildman–Crippen LogP) is 6.42. The minimum atomic E-state index is -4.65. The number of nitriles is 1. The van der Waals surface area contributed by atoms with Crippen molar-refractivity contribution in [1.82, 2.24) is 0 Å². The molecule has 2 N–H and O–H groups in total. The van der Waals surface area contributed by atoms with E-state index in [9.17, 15) is 33.1 Å². The molecular weight excluding hydrogens is 469 g/mol. The second kappa shape index (κ2) is 10.5. The fourth-order valence-corrected chi connectivity index (χ4v) is 3.78. The normalized spacial score (nSPS) is 14.6. The van der Waals surface area contributed by atoms with Gasteiger partial charge < -0.3 is 10.4 Å². The van der Waals surface area contributed by atoms with Gasteiger partial charge in [-0.3, -0.25) is 9.59 Å². The number of carbonyl (C=O) groups excluding carboxylic acids is 1. The van der Waals surface area contributed by atoms with Gasteiger partial charge in [0.25, 0.3) is 0 Å². The number of hydrogen-bond donors (Lipinski definition) is 2. The van der Waals surface area contributed by atoms with Crippen LogP contribution in [0.25, 0.3) is 0 Å². The minimum Gasteiger partial charge on any atom is -0.481 e. The Morgan fingerprint density at radius 1 is 1.12 bits per heavy atom. The maximum absolute atomic E-state index is 13.6.